The number of carbonyl (C=O) groups is 1. The Bertz CT molecular complexity index is 713. The summed E-state index contributed by atoms with van der Waals surface area (Å²) in [6.07, 6.45) is -0.482. The normalized spacial score (nSPS) is 19.1. The van der Waals surface area contributed by atoms with Crippen LogP contribution in [0.4, 0.5) is 5.69 Å². The molecule has 0 aliphatic carbocycles. The number of rotatable bonds is 6. The van der Waals surface area contributed by atoms with Crippen LogP contribution in [0.15, 0.2) is 18.2 Å². The van der Waals surface area contributed by atoms with E-state index in [1.54, 1.807) is 12.1 Å². The number of benzene rings is 1. The zero-order chi connectivity index (χ0) is 17.4. The number of ether oxygens (including phenoxy) is 2. The number of nitrogens with zero attached hydrogens (tertiary/aromatic N) is 1. The lowest BCUT2D eigenvalue weighted by atomic mass is 9.85. The van der Waals surface area contributed by atoms with Crippen LogP contribution in [0.5, 0.6) is 5.75 Å². The maximum Gasteiger partial charge on any atom is 0.360 e. The summed E-state index contributed by atoms with van der Waals surface area (Å²) in [6, 6.07) is 4.70. The van der Waals surface area contributed by atoms with Crippen molar-refractivity contribution in [2.24, 2.45) is 0 Å². The first-order valence-electron chi connectivity index (χ1n) is 7.24. The van der Waals surface area contributed by atoms with Crippen LogP contribution in [-0.4, -0.2) is 38.2 Å². The fourth-order valence-corrected chi connectivity index (χ4v) is 3.30. The molecule has 0 radical (unpaired) electrons. The summed E-state index contributed by atoms with van der Waals surface area (Å²) in [5.74, 6) is 0.209. The second kappa shape index (κ2) is 6.10. The molecular weight excluding hydrogens is 322 g/mol. The van der Waals surface area contributed by atoms with Crippen molar-refractivity contribution in [2.75, 3.05) is 17.5 Å². The van der Waals surface area contributed by atoms with E-state index in [1.807, 2.05) is 20.8 Å². The third kappa shape index (κ3) is 3.49. The fourth-order valence-electron chi connectivity index (χ4n) is 2.57. The number of carbonyl (C=O) groups excluding carboxylic acids is 1. The van der Waals surface area contributed by atoms with E-state index in [9.17, 15) is 17.8 Å². The van der Waals surface area contributed by atoms with Crippen LogP contribution < -0.4 is 9.04 Å². The molecule has 1 N–H and O–H groups in total. The van der Waals surface area contributed by atoms with E-state index in [0.29, 0.717) is 16.7 Å². The molecule has 1 aromatic carbocycles. The van der Waals surface area contributed by atoms with Gasteiger partial charge in [-0.05, 0) is 45.9 Å². The molecule has 0 spiro atoms. The Hall–Kier alpha value is -1.64. The highest BCUT2D eigenvalue weighted by Crippen LogP contribution is 2.44. The van der Waals surface area contributed by atoms with Gasteiger partial charge in [0.1, 0.15) is 11.5 Å². The summed E-state index contributed by atoms with van der Waals surface area (Å²) in [4.78, 5) is 11.3. The number of fused-ring (bicyclic) bond motifs is 1. The van der Waals surface area contributed by atoms with Gasteiger partial charge >= 0.3 is 10.3 Å². The molecule has 0 aromatic heterocycles. The highest BCUT2D eigenvalue weighted by molar-refractivity contribution is 7.87. The monoisotopic (exact) mass is 343 g/mol. The van der Waals surface area contributed by atoms with E-state index >= 15 is 0 Å². The summed E-state index contributed by atoms with van der Waals surface area (Å²) < 4.78 is 44.5. The van der Waals surface area contributed by atoms with E-state index in [0.717, 1.165) is 5.56 Å². The van der Waals surface area contributed by atoms with Crippen molar-refractivity contribution in [3.05, 3.63) is 23.8 Å². The Balaban J connectivity index is 2.46. The molecule has 0 amide bonds. The molecule has 128 valence electrons. The van der Waals surface area contributed by atoms with Gasteiger partial charge in [-0.3, -0.25) is 9.35 Å². The minimum absolute atomic E-state index is 0.204. The van der Waals surface area contributed by atoms with E-state index in [2.05, 4.69) is 0 Å². The summed E-state index contributed by atoms with van der Waals surface area (Å²) in [5.41, 5.74) is 0.462. The molecule has 1 atom stereocenters. The van der Waals surface area contributed by atoms with Crippen LogP contribution in [-0.2, 0) is 25.3 Å². The van der Waals surface area contributed by atoms with E-state index in [1.165, 1.54) is 13.0 Å². The van der Waals surface area contributed by atoms with Crippen molar-refractivity contribution in [1.82, 2.24) is 0 Å². The van der Waals surface area contributed by atoms with Crippen molar-refractivity contribution in [3.8, 4) is 5.75 Å². The lowest BCUT2D eigenvalue weighted by molar-refractivity contribution is -0.115. The van der Waals surface area contributed by atoms with Crippen molar-refractivity contribution in [2.45, 2.75) is 39.4 Å². The largest absolute Gasteiger partial charge is 0.464 e. The van der Waals surface area contributed by atoms with Crippen LogP contribution in [0.25, 0.3) is 0 Å². The summed E-state index contributed by atoms with van der Waals surface area (Å²) in [6.45, 7) is 7.01. The third-order valence-corrected chi connectivity index (χ3v) is 4.63. The van der Waals surface area contributed by atoms with Gasteiger partial charge in [-0.1, -0.05) is 0 Å². The SMILES string of the molecule is CCOC1Oc2ccc(N(CC(C)=O)S(=O)(=O)O)cc2C1(C)C. The molecule has 1 aliphatic heterocycles. The van der Waals surface area contributed by atoms with Gasteiger partial charge in [-0.25, -0.2) is 4.31 Å². The van der Waals surface area contributed by atoms with Crippen molar-refractivity contribution in [3.63, 3.8) is 0 Å². The highest BCUT2D eigenvalue weighted by Gasteiger charge is 2.43. The van der Waals surface area contributed by atoms with Gasteiger partial charge in [0.25, 0.3) is 0 Å². The average molecular weight is 343 g/mol. The topological polar surface area (TPSA) is 93.1 Å². The predicted molar refractivity (Wildman–Crippen MR) is 85.1 cm³/mol. The molecule has 2 rings (SSSR count). The molecule has 1 aromatic rings. The minimum Gasteiger partial charge on any atom is -0.464 e. The van der Waals surface area contributed by atoms with Crippen LogP contribution in [0, 0.1) is 0 Å². The van der Waals surface area contributed by atoms with Crippen LogP contribution in [0.2, 0.25) is 0 Å². The van der Waals surface area contributed by atoms with E-state index in [4.69, 9.17) is 9.47 Å². The van der Waals surface area contributed by atoms with Gasteiger partial charge in [-0.2, -0.15) is 8.42 Å². The summed E-state index contributed by atoms with van der Waals surface area (Å²) >= 11 is 0. The molecule has 0 bridgehead atoms. The molecule has 1 heterocycles. The maximum atomic E-state index is 11.6. The Morgan fingerprint density at radius 2 is 2.09 bits per heavy atom. The number of anilines is 1. The smallest absolute Gasteiger partial charge is 0.360 e. The van der Waals surface area contributed by atoms with Gasteiger partial charge < -0.3 is 9.47 Å². The molecule has 1 unspecified atom stereocenters. The first-order chi connectivity index (χ1) is 10.6. The van der Waals surface area contributed by atoms with Gasteiger partial charge in [-0.15, -0.1) is 0 Å². The van der Waals surface area contributed by atoms with Crippen molar-refractivity contribution in [1.29, 1.82) is 0 Å². The Labute approximate surface area is 136 Å². The van der Waals surface area contributed by atoms with E-state index in [-0.39, 0.29) is 11.5 Å². The lowest BCUT2D eigenvalue weighted by Crippen LogP contribution is -2.36. The number of hydrogen-bond acceptors (Lipinski definition) is 5. The lowest BCUT2D eigenvalue weighted by Gasteiger charge is -2.26. The van der Waals surface area contributed by atoms with Gasteiger partial charge in [0.05, 0.1) is 17.6 Å². The molecule has 8 heteroatoms. The van der Waals surface area contributed by atoms with Gasteiger partial charge in [0.15, 0.2) is 0 Å². The Morgan fingerprint density at radius 1 is 1.43 bits per heavy atom. The van der Waals surface area contributed by atoms with E-state index < -0.39 is 28.6 Å². The quantitative estimate of drug-likeness (QED) is 0.793. The highest BCUT2D eigenvalue weighted by atomic mass is 32.2. The van der Waals surface area contributed by atoms with Crippen LogP contribution in [0.3, 0.4) is 0 Å². The summed E-state index contributed by atoms with van der Waals surface area (Å²) in [5, 5.41) is 0. The first-order valence-corrected chi connectivity index (χ1v) is 8.64. The zero-order valence-electron chi connectivity index (χ0n) is 13.6. The number of Topliss-reactive ketones (excluding diaryl/α,β-unsaturated/α-hetero) is 1. The Kier molecular flexibility index (Phi) is 4.70. The molecule has 23 heavy (non-hydrogen) atoms. The molecule has 1 aliphatic rings. The second-order valence-corrected chi connectivity index (χ2v) is 7.33. The molecule has 0 saturated heterocycles. The molecule has 7 nitrogen and oxygen atoms in total. The molecule has 0 saturated carbocycles. The Morgan fingerprint density at radius 3 is 2.61 bits per heavy atom. The molecule has 0 fully saturated rings. The van der Waals surface area contributed by atoms with Crippen LogP contribution in [0.1, 0.15) is 33.3 Å². The average Bonchev–Trinajstić information content (AvgIpc) is 2.67. The van der Waals surface area contributed by atoms with Gasteiger partial charge in [0.2, 0.25) is 6.29 Å². The van der Waals surface area contributed by atoms with Crippen LogP contribution >= 0.6 is 0 Å². The molecular formula is C15H21NO6S. The second-order valence-electron chi connectivity index (χ2n) is 5.99. The third-order valence-electron chi connectivity index (χ3n) is 3.73. The standard InChI is InChI=1S/C15H21NO6S/c1-5-21-14-15(3,4)12-8-11(6-7-13(12)22-14)16(9-10(2)17)23(18,19)20/h6-8,14H,5,9H2,1-4H3,(H,18,19,20). The first kappa shape index (κ1) is 17.7. The minimum atomic E-state index is -4.55. The fraction of sp³-hybridized carbons (Fsp3) is 0.533. The predicted octanol–water partition coefficient (Wildman–Crippen LogP) is 1.92. The number of hydrogen-bond donors (Lipinski definition) is 1. The van der Waals surface area contributed by atoms with Gasteiger partial charge in [0, 0.05) is 12.2 Å². The van der Waals surface area contributed by atoms with Crippen molar-refractivity contribution < 1.29 is 27.2 Å². The summed E-state index contributed by atoms with van der Waals surface area (Å²) in [7, 11) is -4.55. The van der Waals surface area contributed by atoms with Crippen molar-refractivity contribution >= 4 is 21.8 Å². The zero-order valence-corrected chi connectivity index (χ0v) is 14.4. The number of ketones is 1. The maximum absolute atomic E-state index is 11.6.